The van der Waals surface area contributed by atoms with Gasteiger partial charge in [-0.1, -0.05) is 48.0 Å². The molecule has 0 aliphatic rings. The van der Waals surface area contributed by atoms with Crippen LogP contribution in [0.2, 0.25) is 5.02 Å². The summed E-state index contributed by atoms with van der Waals surface area (Å²) in [5.74, 6) is 0.107. The van der Waals surface area contributed by atoms with Gasteiger partial charge in [0.2, 0.25) is 0 Å². The number of halogens is 1. The monoisotopic (exact) mass is 296 g/mol. The zero-order valence-electron chi connectivity index (χ0n) is 11.4. The van der Waals surface area contributed by atoms with E-state index in [1.165, 1.54) is 0 Å². The lowest BCUT2D eigenvalue weighted by molar-refractivity contribution is 0.477. The molecule has 0 heterocycles. The fourth-order valence-electron chi connectivity index (χ4n) is 2.10. The molecule has 0 unspecified atom stereocenters. The Kier molecular flexibility index (Phi) is 3.59. The topological polar surface area (TPSA) is 45.0 Å². The highest BCUT2D eigenvalue weighted by Crippen LogP contribution is 2.36. The number of phenols is 1. The molecule has 0 atom stereocenters. The van der Waals surface area contributed by atoms with E-state index in [-0.39, 0.29) is 5.75 Å². The van der Waals surface area contributed by atoms with Gasteiger partial charge in [-0.05, 0) is 36.1 Å². The first-order chi connectivity index (χ1) is 10.1. The van der Waals surface area contributed by atoms with Gasteiger partial charge in [-0.3, -0.25) is 0 Å². The van der Waals surface area contributed by atoms with E-state index in [1.54, 1.807) is 12.1 Å². The Morgan fingerprint density at radius 3 is 2.57 bits per heavy atom. The molecule has 3 aromatic carbocycles. The lowest BCUT2D eigenvalue weighted by atomic mass is 10.1. The summed E-state index contributed by atoms with van der Waals surface area (Å²) >= 11 is 6.07. The highest BCUT2D eigenvalue weighted by atomic mass is 35.5. The molecule has 4 heteroatoms. The van der Waals surface area contributed by atoms with Crippen LogP contribution < -0.4 is 0 Å². The number of phenolic OH excluding ortho intramolecular Hbond substituents is 1. The quantitative estimate of drug-likeness (QED) is 0.586. The van der Waals surface area contributed by atoms with Gasteiger partial charge in [0, 0.05) is 10.4 Å². The third kappa shape index (κ3) is 2.73. The van der Waals surface area contributed by atoms with Crippen LogP contribution in [0, 0.1) is 6.92 Å². The Hall–Kier alpha value is -2.39. The number of fused-ring (bicyclic) bond motifs is 1. The largest absolute Gasteiger partial charge is 0.506 e. The van der Waals surface area contributed by atoms with E-state index in [2.05, 4.69) is 10.2 Å². The van der Waals surface area contributed by atoms with Crippen LogP contribution in [0.1, 0.15) is 5.56 Å². The fraction of sp³-hybridized carbons (Fsp3) is 0.0588. The average Bonchev–Trinajstić information content (AvgIpc) is 2.50. The number of nitrogens with zero attached hydrogens (tertiary/aromatic N) is 2. The van der Waals surface area contributed by atoms with Crippen LogP contribution >= 0.6 is 11.6 Å². The van der Waals surface area contributed by atoms with Gasteiger partial charge in [0.25, 0.3) is 0 Å². The van der Waals surface area contributed by atoms with Crippen LogP contribution in [0.25, 0.3) is 10.8 Å². The maximum Gasteiger partial charge on any atom is 0.143 e. The summed E-state index contributed by atoms with van der Waals surface area (Å²) in [7, 11) is 0. The second-order valence-electron chi connectivity index (χ2n) is 4.79. The fourth-order valence-corrected chi connectivity index (χ4v) is 2.28. The van der Waals surface area contributed by atoms with Crippen molar-refractivity contribution in [1.82, 2.24) is 0 Å². The predicted molar refractivity (Wildman–Crippen MR) is 86.0 cm³/mol. The molecule has 1 N–H and O–H groups in total. The van der Waals surface area contributed by atoms with Crippen molar-refractivity contribution in [1.29, 1.82) is 0 Å². The second kappa shape index (κ2) is 5.54. The molecule has 104 valence electrons. The van der Waals surface area contributed by atoms with Gasteiger partial charge in [-0.2, -0.15) is 5.11 Å². The van der Waals surface area contributed by atoms with Crippen molar-refractivity contribution >= 4 is 33.7 Å². The molecule has 0 aliphatic carbocycles. The molecule has 3 nitrogen and oxygen atoms in total. The number of azo groups is 1. The number of benzene rings is 3. The smallest absolute Gasteiger partial charge is 0.143 e. The first-order valence-corrected chi connectivity index (χ1v) is 6.91. The van der Waals surface area contributed by atoms with E-state index in [0.717, 1.165) is 16.3 Å². The van der Waals surface area contributed by atoms with E-state index >= 15 is 0 Å². The van der Waals surface area contributed by atoms with Crippen molar-refractivity contribution in [3.8, 4) is 5.75 Å². The summed E-state index contributed by atoms with van der Waals surface area (Å²) in [6.07, 6.45) is 0. The average molecular weight is 297 g/mol. The third-order valence-corrected chi connectivity index (χ3v) is 3.71. The highest BCUT2D eigenvalue weighted by molar-refractivity contribution is 6.31. The maximum absolute atomic E-state index is 10.0. The molecular formula is C17H13ClN2O. The SMILES string of the molecule is Cc1ccc(N=Nc2c(O)ccc3ccccc23)cc1Cl. The second-order valence-corrected chi connectivity index (χ2v) is 5.20. The van der Waals surface area contributed by atoms with Gasteiger partial charge in [-0.25, -0.2) is 0 Å². The molecule has 3 aromatic rings. The number of aryl methyl sites for hydroxylation is 1. The van der Waals surface area contributed by atoms with Crippen LogP contribution in [-0.4, -0.2) is 5.11 Å². The van der Waals surface area contributed by atoms with Crippen LogP contribution in [0.4, 0.5) is 11.4 Å². The minimum absolute atomic E-state index is 0.107. The molecule has 0 bridgehead atoms. The van der Waals surface area contributed by atoms with Gasteiger partial charge in [-0.15, -0.1) is 5.11 Å². The summed E-state index contributed by atoms with van der Waals surface area (Å²) in [6, 6.07) is 16.7. The first kappa shape index (κ1) is 13.6. The van der Waals surface area contributed by atoms with Crippen molar-refractivity contribution < 1.29 is 5.11 Å². The minimum Gasteiger partial charge on any atom is -0.506 e. The summed E-state index contributed by atoms with van der Waals surface area (Å²) in [6.45, 7) is 1.93. The number of hydrogen-bond donors (Lipinski definition) is 1. The zero-order valence-corrected chi connectivity index (χ0v) is 12.2. The Morgan fingerprint density at radius 1 is 0.952 bits per heavy atom. The molecule has 21 heavy (non-hydrogen) atoms. The summed E-state index contributed by atoms with van der Waals surface area (Å²) in [5, 5.41) is 20.9. The Labute approximate surface area is 127 Å². The summed E-state index contributed by atoms with van der Waals surface area (Å²) in [4.78, 5) is 0. The van der Waals surface area contributed by atoms with E-state index in [4.69, 9.17) is 11.6 Å². The van der Waals surface area contributed by atoms with Gasteiger partial charge in [0.15, 0.2) is 0 Å². The summed E-state index contributed by atoms with van der Waals surface area (Å²) in [5.41, 5.74) is 2.10. The molecule has 0 radical (unpaired) electrons. The first-order valence-electron chi connectivity index (χ1n) is 6.54. The van der Waals surface area contributed by atoms with E-state index in [0.29, 0.717) is 16.4 Å². The molecule has 3 rings (SSSR count). The van der Waals surface area contributed by atoms with Crippen LogP contribution in [0.15, 0.2) is 64.8 Å². The molecule has 0 amide bonds. The van der Waals surface area contributed by atoms with Gasteiger partial charge in [0.1, 0.15) is 11.4 Å². The maximum atomic E-state index is 10.0. The van der Waals surface area contributed by atoms with E-state index < -0.39 is 0 Å². The molecule has 0 fully saturated rings. The lowest BCUT2D eigenvalue weighted by Crippen LogP contribution is -1.75. The third-order valence-electron chi connectivity index (χ3n) is 3.30. The lowest BCUT2D eigenvalue weighted by Gasteiger charge is -2.03. The van der Waals surface area contributed by atoms with E-state index in [1.807, 2.05) is 49.4 Å². The number of hydrogen-bond acceptors (Lipinski definition) is 3. The Balaban J connectivity index is 2.06. The van der Waals surface area contributed by atoms with Crippen LogP contribution in [0.3, 0.4) is 0 Å². The number of aromatic hydroxyl groups is 1. The highest BCUT2D eigenvalue weighted by Gasteiger charge is 2.06. The van der Waals surface area contributed by atoms with E-state index in [9.17, 15) is 5.11 Å². The molecule has 0 aliphatic heterocycles. The molecule has 0 saturated carbocycles. The van der Waals surface area contributed by atoms with Crippen molar-refractivity contribution in [3.05, 3.63) is 65.2 Å². The molecule has 0 spiro atoms. The van der Waals surface area contributed by atoms with Crippen LogP contribution in [0.5, 0.6) is 5.75 Å². The van der Waals surface area contributed by atoms with Crippen molar-refractivity contribution in [2.45, 2.75) is 6.92 Å². The Morgan fingerprint density at radius 2 is 1.76 bits per heavy atom. The molecular weight excluding hydrogens is 284 g/mol. The molecule has 0 saturated heterocycles. The Bertz CT molecular complexity index is 843. The zero-order chi connectivity index (χ0) is 14.8. The summed E-state index contributed by atoms with van der Waals surface area (Å²) < 4.78 is 0. The number of rotatable bonds is 2. The van der Waals surface area contributed by atoms with Crippen molar-refractivity contribution in [2.24, 2.45) is 10.2 Å². The van der Waals surface area contributed by atoms with Crippen molar-refractivity contribution in [2.75, 3.05) is 0 Å². The minimum atomic E-state index is 0.107. The normalized spacial score (nSPS) is 11.3. The standard InChI is InChI=1S/C17H13ClN2O/c1-11-6-8-13(10-15(11)18)19-20-17-14-5-3-2-4-12(14)7-9-16(17)21/h2-10,21H,1H3. The van der Waals surface area contributed by atoms with Gasteiger partial charge in [0.05, 0.1) is 5.69 Å². The van der Waals surface area contributed by atoms with Crippen LogP contribution in [-0.2, 0) is 0 Å². The van der Waals surface area contributed by atoms with Gasteiger partial charge >= 0.3 is 0 Å². The van der Waals surface area contributed by atoms with Gasteiger partial charge < -0.3 is 5.11 Å². The molecule has 0 aromatic heterocycles. The predicted octanol–water partition coefficient (Wildman–Crippen LogP) is 5.92. The van der Waals surface area contributed by atoms with Crippen molar-refractivity contribution in [3.63, 3.8) is 0 Å².